The van der Waals surface area contributed by atoms with Crippen LogP contribution in [0.4, 0.5) is 9.18 Å². The van der Waals surface area contributed by atoms with Gasteiger partial charge in [-0.3, -0.25) is 4.84 Å². The van der Waals surface area contributed by atoms with E-state index in [1.165, 1.54) is 33.4 Å². The van der Waals surface area contributed by atoms with E-state index in [1.807, 2.05) is 35.7 Å². The maximum Gasteiger partial charge on any atom is 0.345 e. The number of fused-ring (bicyclic) bond motifs is 4. The first-order chi connectivity index (χ1) is 14.5. The lowest BCUT2D eigenvalue weighted by molar-refractivity contribution is -0.143. The molecule has 3 heterocycles. The van der Waals surface area contributed by atoms with Gasteiger partial charge in [-0.05, 0) is 34.2 Å². The van der Waals surface area contributed by atoms with Crippen molar-refractivity contribution < 1.29 is 23.9 Å². The normalized spacial score (nSPS) is 19.8. The highest BCUT2D eigenvalue weighted by atomic mass is 32.1. The van der Waals surface area contributed by atoms with E-state index in [-0.39, 0.29) is 25.0 Å². The Morgan fingerprint density at radius 2 is 1.90 bits per heavy atom. The van der Waals surface area contributed by atoms with E-state index in [1.54, 1.807) is 12.1 Å². The molecule has 1 N–H and O–H groups in total. The molecule has 8 heteroatoms. The fraction of sp³-hybridized carbons (Fsp3) is 0.182. The number of carbonyl (C=O) groups is 2. The third-order valence-electron chi connectivity index (χ3n) is 5.44. The number of thiophene rings is 1. The molecule has 2 bridgehead atoms. The number of rotatable bonds is 5. The number of nitrogens with zero attached hydrogens (tertiary/aromatic N) is 2. The van der Waals surface area contributed by atoms with Crippen LogP contribution in [0.25, 0.3) is 11.1 Å². The molecular formula is C22H17FN2O4S. The van der Waals surface area contributed by atoms with Crippen LogP contribution in [0.1, 0.15) is 28.1 Å². The summed E-state index contributed by atoms with van der Waals surface area (Å²) in [4.78, 5) is 33.1. The summed E-state index contributed by atoms with van der Waals surface area (Å²) in [6.07, 6.45) is 0. The van der Waals surface area contributed by atoms with Gasteiger partial charge in [-0.1, -0.05) is 42.5 Å². The Bertz CT molecular complexity index is 1120. The Morgan fingerprint density at radius 3 is 2.60 bits per heavy atom. The molecule has 0 aliphatic carbocycles. The highest BCUT2D eigenvalue weighted by Gasteiger charge is 2.52. The minimum Gasteiger partial charge on any atom is -0.479 e. The van der Waals surface area contributed by atoms with Gasteiger partial charge in [0.15, 0.2) is 6.04 Å². The van der Waals surface area contributed by atoms with Gasteiger partial charge in [-0.25, -0.2) is 14.0 Å². The van der Waals surface area contributed by atoms with Crippen molar-refractivity contribution in [3.8, 4) is 11.1 Å². The average Bonchev–Trinajstić information content (AvgIpc) is 3.29. The second-order valence-electron chi connectivity index (χ2n) is 7.21. The topological polar surface area (TPSA) is 70.1 Å². The SMILES string of the molecule is O=C(O)[C@@H]1c2c(-c3ccc(F)cc3)csc2[C@@H]2CN1C(=O)N2OCc1ccccc1. The first-order valence-electron chi connectivity index (χ1n) is 9.41. The summed E-state index contributed by atoms with van der Waals surface area (Å²) < 4.78 is 13.4. The lowest BCUT2D eigenvalue weighted by Gasteiger charge is -2.28. The quantitative estimate of drug-likeness (QED) is 0.650. The molecule has 2 aliphatic rings. The summed E-state index contributed by atoms with van der Waals surface area (Å²) in [7, 11) is 0. The minimum absolute atomic E-state index is 0.209. The molecule has 1 fully saturated rings. The molecule has 3 aromatic rings. The molecule has 0 unspecified atom stereocenters. The molecule has 30 heavy (non-hydrogen) atoms. The molecule has 1 saturated heterocycles. The monoisotopic (exact) mass is 424 g/mol. The Labute approximate surface area is 175 Å². The van der Waals surface area contributed by atoms with E-state index in [0.717, 1.165) is 10.4 Å². The molecular weight excluding hydrogens is 407 g/mol. The third kappa shape index (κ3) is 2.96. The summed E-state index contributed by atoms with van der Waals surface area (Å²) in [6.45, 7) is 0.459. The van der Waals surface area contributed by atoms with E-state index < -0.39 is 18.0 Å². The fourth-order valence-electron chi connectivity index (χ4n) is 4.06. The standard InChI is InChI=1S/C22H17FN2O4S/c23-15-8-6-14(7-9-15)16-12-30-20-17-10-24(19(18(16)20)21(26)27)22(28)25(17)29-11-13-4-2-1-3-5-13/h1-9,12,17,19H,10-11H2,(H,26,27)/t17-,19-/m0/s1. The summed E-state index contributed by atoms with van der Waals surface area (Å²) in [6, 6.07) is 13.4. The predicted octanol–water partition coefficient (Wildman–Crippen LogP) is 4.60. The second kappa shape index (κ2) is 7.23. The van der Waals surface area contributed by atoms with Crippen LogP contribution in [0.2, 0.25) is 0 Å². The van der Waals surface area contributed by atoms with Crippen molar-refractivity contribution in [2.45, 2.75) is 18.7 Å². The number of benzene rings is 2. The third-order valence-corrected chi connectivity index (χ3v) is 6.54. The van der Waals surface area contributed by atoms with Crippen molar-refractivity contribution in [2.75, 3.05) is 6.54 Å². The zero-order valence-corrected chi connectivity index (χ0v) is 16.5. The minimum atomic E-state index is -1.11. The van der Waals surface area contributed by atoms with Crippen LogP contribution >= 0.6 is 11.3 Å². The largest absolute Gasteiger partial charge is 0.479 e. The van der Waals surface area contributed by atoms with Gasteiger partial charge < -0.3 is 10.0 Å². The molecule has 0 radical (unpaired) electrons. The highest BCUT2D eigenvalue weighted by molar-refractivity contribution is 7.10. The molecule has 2 aliphatic heterocycles. The van der Waals surface area contributed by atoms with Crippen molar-refractivity contribution in [1.29, 1.82) is 0 Å². The van der Waals surface area contributed by atoms with Gasteiger partial charge in [-0.2, -0.15) is 5.06 Å². The molecule has 2 aromatic carbocycles. The molecule has 0 saturated carbocycles. The molecule has 1 aromatic heterocycles. The Hall–Kier alpha value is -3.23. The first-order valence-corrected chi connectivity index (χ1v) is 10.3. The zero-order chi connectivity index (χ0) is 20.8. The number of hydrogen-bond acceptors (Lipinski definition) is 4. The zero-order valence-electron chi connectivity index (χ0n) is 15.7. The van der Waals surface area contributed by atoms with Gasteiger partial charge in [0.2, 0.25) is 0 Å². The van der Waals surface area contributed by atoms with E-state index in [9.17, 15) is 19.1 Å². The van der Waals surface area contributed by atoms with Crippen LogP contribution in [0, 0.1) is 5.82 Å². The smallest absolute Gasteiger partial charge is 0.345 e. The number of carboxylic acid groups (broad SMARTS) is 1. The molecule has 2 atom stereocenters. The average molecular weight is 424 g/mol. The van der Waals surface area contributed by atoms with Crippen LogP contribution in [-0.4, -0.2) is 33.6 Å². The van der Waals surface area contributed by atoms with Crippen molar-refractivity contribution in [3.05, 3.63) is 81.8 Å². The van der Waals surface area contributed by atoms with Crippen molar-refractivity contribution in [1.82, 2.24) is 9.96 Å². The van der Waals surface area contributed by atoms with Crippen molar-refractivity contribution >= 4 is 23.3 Å². The van der Waals surface area contributed by atoms with Gasteiger partial charge >= 0.3 is 12.0 Å². The number of urea groups is 1. The van der Waals surface area contributed by atoms with E-state index in [4.69, 9.17) is 4.84 Å². The summed E-state index contributed by atoms with van der Waals surface area (Å²) >= 11 is 1.40. The van der Waals surface area contributed by atoms with Crippen LogP contribution < -0.4 is 0 Å². The maximum atomic E-state index is 13.4. The van der Waals surface area contributed by atoms with E-state index in [2.05, 4.69) is 0 Å². The van der Waals surface area contributed by atoms with Gasteiger partial charge in [-0.15, -0.1) is 11.3 Å². The number of hydrogen-bond donors (Lipinski definition) is 1. The van der Waals surface area contributed by atoms with Crippen LogP contribution in [0.5, 0.6) is 0 Å². The van der Waals surface area contributed by atoms with Crippen molar-refractivity contribution in [3.63, 3.8) is 0 Å². The number of halogens is 1. The Morgan fingerprint density at radius 1 is 1.17 bits per heavy atom. The Balaban J connectivity index is 1.53. The summed E-state index contributed by atoms with van der Waals surface area (Å²) in [5.74, 6) is -1.47. The van der Waals surface area contributed by atoms with E-state index >= 15 is 0 Å². The Kier molecular flexibility index (Phi) is 4.52. The molecule has 2 amide bonds. The van der Waals surface area contributed by atoms with Crippen LogP contribution in [-0.2, 0) is 16.2 Å². The number of hydroxylamine groups is 2. The number of amides is 2. The maximum absolute atomic E-state index is 13.4. The first kappa shape index (κ1) is 18.8. The molecule has 6 nitrogen and oxygen atoms in total. The van der Waals surface area contributed by atoms with E-state index in [0.29, 0.717) is 16.7 Å². The second-order valence-corrected chi connectivity index (χ2v) is 8.12. The van der Waals surface area contributed by atoms with Gasteiger partial charge in [0.1, 0.15) is 18.5 Å². The highest BCUT2D eigenvalue weighted by Crippen LogP contribution is 2.50. The fourth-order valence-corrected chi connectivity index (χ4v) is 5.24. The van der Waals surface area contributed by atoms with Gasteiger partial charge in [0.05, 0.1) is 6.54 Å². The summed E-state index contributed by atoms with van der Waals surface area (Å²) in [5, 5.41) is 13.1. The molecule has 5 rings (SSSR count). The number of carbonyl (C=O) groups excluding carboxylic acids is 1. The number of aliphatic carboxylic acids is 1. The van der Waals surface area contributed by atoms with Crippen LogP contribution in [0.15, 0.2) is 60.0 Å². The number of carboxylic acids is 1. The predicted molar refractivity (Wildman–Crippen MR) is 108 cm³/mol. The van der Waals surface area contributed by atoms with Gasteiger partial charge in [0, 0.05) is 10.4 Å². The summed E-state index contributed by atoms with van der Waals surface area (Å²) in [5.41, 5.74) is 2.91. The molecule has 152 valence electrons. The lowest BCUT2D eigenvalue weighted by atomic mass is 9.92. The van der Waals surface area contributed by atoms with Crippen LogP contribution in [0.3, 0.4) is 0 Å². The molecule has 0 spiro atoms. The van der Waals surface area contributed by atoms with Crippen molar-refractivity contribution in [2.24, 2.45) is 0 Å². The lowest BCUT2D eigenvalue weighted by Crippen LogP contribution is -2.38. The van der Waals surface area contributed by atoms with Gasteiger partial charge in [0.25, 0.3) is 0 Å².